The van der Waals surface area contributed by atoms with Gasteiger partial charge in [-0.1, -0.05) is 12.1 Å². The number of nitrogens with one attached hydrogen (secondary N) is 1. The second kappa shape index (κ2) is 7.13. The van der Waals surface area contributed by atoms with Crippen LogP contribution in [-0.4, -0.2) is 30.5 Å². The number of rotatable bonds is 5. The Morgan fingerprint density at radius 3 is 2.70 bits per heavy atom. The standard InChI is InChI=1S/C18H23N3OS/c1-13-14(2)23-17(20-13)9-10-19-18(22)15-7-3-4-8-16(15)21-11-5-6-12-21/h3-4,7-8H,5-6,9-12H2,1-2H3,(H,19,22). The van der Waals surface area contributed by atoms with Gasteiger partial charge in [0.1, 0.15) is 0 Å². The lowest BCUT2D eigenvalue weighted by molar-refractivity contribution is 0.0954. The van der Waals surface area contributed by atoms with Crippen molar-refractivity contribution in [3.05, 3.63) is 45.4 Å². The highest BCUT2D eigenvalue weighted by atomic mass is 32.1. The fraction of sp³-hybridized carbons (Fsp3) is 0.444. The van der Waals surface area contributed by atoms with Crippen molar-refractivity contribution in [3.63, 3.8) is 0 Å². The molecule has 23 heavy (non-hydrogen) atoms. The largest absolute Gasteiger partial charge is 0.371 e. The van der Waals surface area contributed by atoms with E-state index >= 15 is 0 Å². The third-order valence-electron chi connectivity index (χ3n) is 4.29. The predicted molar refractivity (Wildman–Crippen MR) is 95.5 cm³/mol. The van der Waals surface area contributed by atoms with Gasteiger partial charge in [0, 0.05) is 36.6 Å². The highest BCUT2D eigenvalue weighted by Gasteiger charge is 2.18. The topological polar surface area (TPSA) is 45.2 Å². The Labute approximate surface area is 141 Å². The van der Waals surface area contributed by atoms with Crippen LogP contribution in [0.3, 0.4) is 0 Å². The molecule has 1 aliphatic heterocycles. The van der Waals surface area contributed by atoms with Crippen molar-refractivity contribution in [1.82, 2.24) is 10.3 Å². The van der Waals surface area contributed by atoms with Gasteiger partial charge in [-0.05, 0) is 38.8 Å². The summed E-state index contributed by atoms with van der Waals surface area (Å²) in [7, 11) is 0. The fourth-order valence-corrected chi connectivity index (χ4v) is 3.86. The van der Waals surface area contributed by atoms with Gasteiger partial charge in [-0.25, -0.2) is 4.98 Å². The van der Waals surface area contributed by atoms with Crippen LogP contribution in [0.4, 0.5) is 5.69 Å². The van der Waals surface area contributed by atoms with Crippen molar-refractivity contribution < 1.29 is 4.79 Å². The van der Waals surface area contributed by atoms with E-state index in [0.717, 1.165) is 41.5 Å². The van der Waals surface area contributed by atoms with E-state index in [-0.39, 0.29) is 5.91 Å². The molecular formula is C18H23N3OS. The summed E-state index contributed by atoms with van der Waals surface area (Å²) in [6.45, 7) is 6.82. The summed E-state index contributed by atoms with van der Waals surface area (Å²) in [6.07, 6.45) is 3.20. The van der Waals surface area contributed by atoms with E-state index in [9.17, 15) is 4.79 Å². The maximum atomic E-state index is 12.5. The molecule has 1 aliphatic rings. The number of thiazole rings is 1. The summed E-state index contributed by atoms with van der Waals surface area (Å²) < 4.78 is 0. The predicted octanol–water partition coefficient (Wildman–Crippen LogP) is 3.33. The zero-order chi connectivity index (χ0) is 16.2. The lowest BCUT2D eigenvalue weighted by Gasteiger charge is -2.20. The first-order chi connectivity index (χ1) is 11.1. The minimum Gasteiger partial charge on any atom is -0.371 e. The molecule has 2 aromatic rings. The molecule has 1 aromatic carbocycles. The van der Waals surface area contributed by atoms with Gasteiger partial charge in [0.25, 0.3) is 5.91 Å². The molecule has 0 saturated carbocycles. The van der Waals surface area contributed by atoms with Crippen LogP contribution in [0, 0.1) is 13.8 Å². The van der Waals surface area contributed by atoms with E-state index < -0.39 is 0 Å². The van der Waals surface area contributed by atoms with Crippen molar-refractivity contribution in [2.24, 2.45) is 0 Å². The van der Waals surface area contributed by atoms with Crippen LogP contribution in [0.2, 0.25) is 0 Å². The molecule has 0 atom stereocenters. The molecule has 4 nitrogen and oxygen atoms in total. The molecule has 0 spiro atoms. The number of aromatic nitrogens is 1. The summed E-state index contributed by atoms with van der Waals surface area (Å²) in [5.74, 6) is 0.0116. The second-order valence-electron chi connectivity index (χ2n) is 5.97. The van der Waals surface area contributed by atoms with Crippen LogP contribution in [0.15, 0.2) is 24.3 Å². The average molecular weight is 329 g/mol. The van der Waals surface area contributed by atoms with Crippen LogP contribution >= 0.6 is 11.3 Å². The van der Waals surface area contributed by atoms with Crippen LogP contribution < -0.4 is 10.2 Å². The molecule has 1 fully saturated rings. The van der Waals surface area contributed by atoms with E-state index in [4.69, 9.17) is 0 Å². The van der Waals surface area contributed by atoms with Gasteiger partial charge in [-0.2, -0.15) is 0 Å². The van der Waals surface area contributed by atoms with E-state index in [1.165, 1.54) is 17.7 Å². The number of hydrogen-bond donors (Lipinski definition) is 1. The van der Waals surface area contributed by atoms with E-state index in [1.54, 1.807) is 11.3 Å². The molecular weight excluding hydrogens is 306 g/mol. The van der Waals surface area contributed by atoms with Gasteiger partial charge in [0.15, 0.2) is 0 Å². The van der Waals surface area contributed by atoms with Crippen LogP contribution in [-0.2, 0) is 6.42 Å². The molecule has 122 valence electrons. The maximum absolute atomic E-state index is 12.5. The molecule has 3 rings (SSSR count). The van der Waals surface area contributed by atoms with Gasteiger partial charge >= 0.3 is 0 Å². The number of amides is 1. The quantitative estimate of drug-likeness (QED) is 0.915. The molecule has 5 heteroatoms. The van der Waals surface area contributed by atoms with E-state index in [1.807, 2.05) is 31.2 Å². The Morgan fingerprint density at radius 1 is 1.26 bits per heavy atom. The van der Waals surface area contributed by atoms with Gasteiger partial charge in [0.2, 0.25) is 0 Å². The Hall–Kier alpha value is -1.88. The Morgan fingerprint density at radius 2 is 2.00 bits per heavy atom. The highest BCUT2D eigenvalue weighted by Crippen LogP contribution is 2.24. The molecule has 0 bridgehead atoms. The van der Waals surface area contributed by atoms with E-state index in [2.05, 4.69) is 22.1 Å². The summed E-state index contributed by atoms with van der Waals surface area (Å²) in [5, 5.41) is 4.13. The van der Waals surface area contributed by atoms with Crippen LogP contribution in [0.5, 0.6) is 0 Å². The maximum Gasteiger partial charge on any atom is 0.253 e. The number of anilines is 1. The number of nitrogens with zero attached hydrogens (tertiary/aromatic N) is 2. The van der Waals surface area contributed by atoms with Crippen LogP contribution in [0.25, 0.3) is 0 Å². The summed E-state index contributed by atoms with van der Waals surface area (Å²) in [6, 6.07) is 7.90. The number of carbonyl (C=O) groups excluding carboxylic acids is 1. The lowest BCUT2D eigenvalue weighted by atomic mass is 10.1. The zero-order valence-corrected chi connectivity index (χ0v) is 14.6. The number of hydrogen-bond acceptors (Lipinski definition) is 4. The number of carbonyl (C=O) groups is 1. The lowest BCUT2D eigenvalue weighted by Crippen LogP contribution is -2.28. The molecule has 0 aliphatic carbocycles. The fourth-order valence-electron chi connectivity index (χ4n) is 2.92. The van der Waals surface area contributed by atoms with Gasteiger partial charge < -0.3 is 10.2 Å². The summed E-state index contributed by atoms with van der Waals surface area (Å²) in [5.41, 5.74) is 2.93. The first-order valence-electron chi connectivity index (χ1n) is 8.20. The minimum atomic E-state index is 0.0116. The third kappa shape index (κ3) is 3.72. The Bertz CT molecular complexity index is 670. The van der Waals surface area contributed by atoms with Crippen LogP contribution in [0.1, 0.15) is 38.8 Å². The first-order valence-corrected chi connectivity index (χ1v) is 9.02. The second-order valence-corrected chi connectivity index (χ2v) is 7.25. The average Bonchev–Trinajstić information content (AvgIpc) is 3.18. The van der Waals surface area contributed by atoms with Gasteiger partial charge in [0.05, 0.1) is 16.3 Å². The van der Waals surface area contributed by atoms with Crippen molar-refractivity contribution in [3.8, 4) is 0 Å². The third-order valence-corrected chi connectivity index (χ3v) is 5.43. The summed E-state index contributed by atoms with van der Waals surface area (Å²) >= 11 is 1.71. The molecule has 0 radical (unpaired) electrons. The molecule has 1 saturated heterocycles. The summed E-state index contributed by atoms with van der Waals surface area (Å²) in [4.78, 5) is 20.6. The smallest absolute Gasteiger partial charge is 0.253 e. The number of para-hydroxylation sites is 1. The molecule has 1 amide bonds. The SMILES string of the molecule is Cc1nc(CCNC(=O)c2ccccc2N2CCCC2)sc1C. The molecule has 1 N–H and O–H groups in total. The van der Waals surface area contributed by atoms with Gasteiger partial charge in [-0.15, -0.1) is 11.3 Å². The Balaban J connectivity index is 1.62. The van der Waals surface area contributed by atoms with E-state index in [0.29, 0.717) is 6.54 Å². The normalized spacial score (nSPS) is 14.3. The number of aryl methyl sites for hydroxylation is 2. The minimum absolute atomic E-state index is 0.0116. The molecule has 2 heterocycles. The number of benzene rings is 1. The first kappa shape index (κ1) is 16.0. The van der Waals surface area contributed by atoms with Crippen molar-refractivity contribution in [1.29, 1.82) is 0 Å². The van der Waals surface area contributed by atoms with Crippen molar-refractivity contribution in [2.45, 2.75) is 33.1 Å². The molecule has 0 unspecified atom stereocenters. The monoisotopic (exact) mass is 329 g/mol. The Kier molecular flexibility index (Phi) is 4.96. The molecule has 1 aromatic heterocycles. The highest BCUT2D eigenvalue weighted by molar-refractivity contribution is 7.11. The zero-order valence-electron chi connectivity index (χ0n) is 13.8. The van der Waals surface area contributed by atoms with Crippen molar-refractivity contribution in [2.75, 3.05) is 24.5 Å². The van der Waals surface area contributed by atoms with Crippen molar-refractivity contribution >= 4 is 22.9 Å². The van der Waals surface area contributed by atoms with Gasteiger partial charge in [-0.3, -0.25) is 4.79 Å².